The first kappa shape index (κ1) is 18.8. The van der Waals surface area contributed by atoms with E-state index >= 15 is 0 Å². The average molecular weight is 411 g/mol. The maximum Gasteiger partial charge on any atom is 0.234 e. The molecule has 1 aromatic carbocycles. The number of carbonyl (C=O) groups is 1. The predicted molar refractivity (Wildman–Crippen MR) is 104 cm³/mol. The van der Waals surface area contributed by atoms with Crippen molar-refractivity contribution in [2.75, 3.05) is 11.1 Å². The number of benzene rings is 1. The van der Waals surface area contributed by atoms with Crippen molar-refractivity contribution in [2.24, 2.45) is 0 Å². The normalized spacial score (nSPS) is 10.9. The van der Waals surface area contributed by atoms with Crippen LogP contribution in [0.15, 0.2) is 46.2 Å². The van der Waals surface area contributed by atoms with E-state index in [1.54, 1.807) is 30.5 Å². The molecule has 26 heavy (non-hydrogen) atoms. The molecule has 1 amide bonds. The summed E-state index contributed by atoms with van der Waals surface area (Å²) >= 11 is 13.3. The van der Waals surface area contributed by atoms with Crippen LogP contribution >= 0.6 is 35.0 Å². The van der Waals surface area contributed by atoms with Crippen LogP contribution in [0, 0.1) is 0 Å². The molecular formula is C17H16Cl2N4O2S. The summed E-state index contributed by atoms with van der Waals surface area (Å²) in [6, 6.07) is 8.55. The van der Waals surface area contributed by atoms with Gasteiger partial charge in [-0.15, -0.1) is 10.2 Å². The minimum absolute atomic E-state index is 0.169. The van der Waals surface area contributed by atoms with Crippen LogP contribution < -0.4 is 5.32 Å². The van der Waals surface area contributed by atoms with Crippen LogP contribution in [-0.2, 0) is 11.3 Å². The molecule has 0 bridgehead atoms. The Labute approximate surface area is 164 Å². The van der Waals surface area contributed by atoms with Crippen LogP contribution in [0.3, 0.4) is 0 Å². The van der Waals surface area contributed by atoms with Crippen molar-refractivity contribution in [1.29, 1.82) is 0 Å². The second-order valence-electron chi connectivity index (χ2n) is 5.40. The van der Waals surface area contributed by atoms with Gasteiger partial charge < -0.3 is 9.73 Å². The number of hydrogen-bond acceptors (Lipinski definition) is 5. The van der Waals surface area contributed by atoms with Crippen molar-refractivity contribution in [3.05, 3.63) is 46.6 Å². The van der Waals surface area contributed by atoms with Crippen molar-refractivity contribution < 1.29 is 9.21 Å². The first-order valence-electron chi connectivity index (χ1n) is 7.93. The van der Waals surface area contributed by atoms with E-state index in [0.29, 0.717) is 32.5 Å². The highest BCUT2D eigenvalue weighted by molar-refractivity contribution is 7.99. The quantitative estimate of drug-likeness (QED) is 0.555. The van der Waals surface area contributed by atoms with E-state index < -0.39 is 0 Å². The van der Waals surface area contributed by atoms with E-state index in [1.807, 2.05) is 10.6 Å². The van der Waals surface area contributed by atoms with Gasteiger partial charge in [-0.1, -0.05) is 41.9 Å². The largest absolute Gasteiger partial charge is 0.461 e. The Morgan fingerprint density at radius 1 is 1.31 bits per heavy atom. The lowest BCUT2D eigenvalue weighted by Crippen LogP contribution is -2.15. The Morgan fingerprint density at radius 3 is 2.88 bits per heavy atom. The van der Waals surface area contributed by atoms with Crippen LogP contribution in [0.2, 0.25) is 10.0 Å². The molecule has 0 radical (unpaired) electrons. The lowest BCUT2D eigenvalue weighted by Gasteiger charge is -2.09. The van der Waals surface area contributed by atoms with E-state index in [-0.39, 0.29) is 11.7 Å². The number of nitrogens with one attached hydrogen (secondary N) is 1. The predicted octanol–water partition coefficient (Wildman–Crippen LogP) is 4.99. The zero-order valence-corrected chi connectivity index (χ0v) is 16.2. The first-order valence-corrected chi connectivity index (χ1v) is 9.67. The average Bonchev–Trinajstić information content (AvgIpc) is 3.26. The van der Waals surface area contributed by atoms with Crippen molar-refractivity contribution in [1.82, 2.24) is 14.8 Å². The summed E-state index contributed by atoms with van der Waals surface area (Å²) in [4.78, 5) is 12.2. The summed E-state index contributed by atoms with van der Waals surface area (Å²) in [6.07, 6.45) is 2.50. The third-order valence-corrected chi connectivity index (χ3v) is 4.97. The molecule has 136 valence electrons. The minimum atomic E-state index is -0.204. The number of thioether (sulfide) groups is 1. The van der Waals surface area contributed by atoms with Gasteiger partial charge in [-0.05, 0) is 36.8 Å². The number of amides is 1. The van der Waals surface area contributed by atoms with E-state index in [4.69, 9.17) is 27.6 Å². The van der Waals surface area contributed by atoms with Crippen molar-refractivity contribution in [3.8, 4) is 11.6 Å². The highest BCUT2D eigenvalue weighted by Crippen LogP contribution is 2.27. The zero-order chi connectivity index (χ0) is 18.5. The molecule has 0 fully saturated rings. The van der Waals surface area contributed by atoms with Gasteiger partial charge in [0, 0.05) is 11.6 Å². The summed E-state index contributed by atoms with van der Waals surface area (Å²) in [7, 11) is 0. The number of hydrogen-bond donors (Lipinski definition) is 1. The van der Waals surface area contributed by atoms with Gasteiger partial charge in [0.1, 0.15) is 0 Å². The molecule has 0 aliphatic carbocycles. The number of nitrogens with zero attached hydrogens (tertiary/aromatic N) is 3. The molecule has 3 aromatic rings. The molecule has 6 nitrogen and oxygen atoms in total. The summed E-state index contributed by atoms with van der Waals surface area (Å²) in [5.41, 5.74) is 0.482. The maximum atomic E-state index is 12.2. The van der Waals surface area contributed by atoms with Crippen LogP contribution in [0.4, 0.5) is 5.69 Å². The second-order valence-corrected chi connectivity index (χ2v) is 7.18. The molecule has 0 atom stereocenters. The molecule has 3 rings (SSSR count). The van der Waals surface area contributed by atoms with Gasteiger partial charge in [-0.25, -0.2) is 0 Å². The topological polar surface area (TPSA) is 73.0 Å². The van der Waals surface area contributed by atoms with E-state index in [9.17, 15) is 4.79 Å². The fourth-order valence-corrected chi connectivity index (χ4v) is 3.42. The first-order chi connectivity index (χ1) is 12.6. The molecular weight excluding hydrogens is 395 g/mol. The molecule has 2 heterocycles. The molecule has 9 heteroatoms. The Bertz CT molecular complexity index is 896. The van der Waals surface area contributed by atoms with Gasteiger partial charge in [0.15, 0.2) is 16.7 Å². The molecule has 2 aromatic heterocycles. The molecule has 0 saturated carbocycles. The van der Waals surface area contributed by atoms with Crippen LogP contribution in [-0.4, -0.2) is 26.4 Å². The number of rotatable bonds is 7. The van der Waals surface area contributed by atoms with Gasteiger partial charge in [-0.2, -0.15) is 0 Å². The van der Waals surface area contributed by atoms with Crippen molar-refractivity contribution in [2.45, 2.75) is 25.0 Å². The monoisotopic (exact) mass is 410 g/mol. The smallest absolute Gasteiger partial charge is 0.234 e. The molecule has 1 N–H and O–H groups in total. The number of anilines is 1. The molecule has 0 aliphatic rings. The lowest BCUT2D eigenvalue weighted by molar-refractivity contribution is -0.113. The second kappa shape index (κ2) is 8.62. The number of aromatic nitrogens is 3. The van der Waals surface area contributed by atoms with Gasteiger partial charge in [0.2, 0.25) is 5.91 Å². The Kier molecular flexibility index (Phi) is 6.24. The third kappa shape index (κ3) is 4.41. The fraction of sp³-hybridized carbons (Fsp3) is 0.235. The molecule has 0 saturated heterocycles. The minimum Gasteiger partial charge on any atom is -0.461 e. The third-order valence-electron chi connectivity index (χ3n) is 3.44. The van der Waals surface area contributed by atoms with Crippen LogP contribution in [0.5, 0.6) is 0 Å². The van der Waals surface area contributed by atoms with Crippen LogP contribution in [0.1, 0.15) is 13.3 Å². The maximum absolute atomic E-state index is 12.2. The van der Waals surface area contributed by atoms with E-state index in [0.717, 1.165) is 13.0 Å². The Morgan fingerprint density at radius 2 is 2.15 bits per heavy atom. The Balaban J connectivity index is 1.69. The number of halogens is 2. The standard InChI is InChI=1S/C17H16Cl2N4O2S/c1-2-7-23-16(14-4-3-8-25-14)21-22-17(23)26-10-15(24)20-13-9-11(18)5-6-12(13)19/h3-6,8-9H,2,7,10H2,1H3,(H,20,24). The molecule has 0 aliphatic heterocycles. The summed E-state index contributed by atoms with van der Waals surface area (Å²) < 4.78 is 7.36. The lowest BCUT2D eigenvalue weighted by atomic mass is 10.3. The summed E-state index contributed by atoms with van der Waals surface area (Å²) in [5.74, 6) is 1.26. The zero-order valence-electron chi connectivity index (χ0n) is 13.9. The SMILES string of the molecule is CCCn1c(SCC(=O)Nc2cc(Cl)ccc2Cl)nnc1-c1ccco1. The Hall–Kier alpha value is -1.96. The molecule has 0 unspecified atom stereocenters. The number of furan rings is 1. The molecule has 0 spiro atoms. The van der Waals surface area contributed by atoms with Gasteiger partial charge in [0.05, 0.1) is 22.7 Å². The van der Waals surface area contributed by atoms with Gasteiger partial charge in [0.25, 0.3) is 0 Å². The van der Waals surface area contributed by atoms with E-state index in [1.165, 1.54) is 11.8 Å². The van der Waals surface area contributed by atoms with Crippen molar-refractivity contribution in [3.63, 3.8) is 0 Å². The van der Waals surface area contributed by atoms with Gasteiger partial charge >= 0.3 is 0 Å². The number of carbonyl (C=O) groups excluding carboxylic acids is 1. The van der Waals surface area contributed by atoms with Gasteiger partial charge in [-0.3, -0.25) is 9.36 Å². The van der Waals surface area contributed by atoms with Crippen LogP contribution in [0.25, 0.3) is 11.6 Å². The highest BCUT2D eigenvalue weighted by atomic mass is 35.5. The fourth-order valence-electron chi connectivity index (χ4n) is 2.32. The highest BCUT2D eigenvalue weighted by Gasteiger charge is 2.17. The summed E-state index contributed by atoms with van der Waals surface area (Å²) in [5, 5.41) is 12.7. The van der Waals surface area contributed by atoms with Crippen molar-refractivity contribution >= 4 is 46.6 Å². The summed E-state index contributed by atoms with van der Waals surface area (Å²) in [6.45, 7) is 2.79. The van der Waals surface area contributed by atoms with E-state index in [2.05, 4.69) is 22.4 Å².